The maximum absolute atomic E-state index is 12.5. The van der Waals surface area contributed by atoms with Gasteiger partial charge in [0.05, 0.1) is 25.4 Å². The van der Waals surface area contributed by atoms with E-state index in [1.54, 1.807) is 19.5 Å². The molecule has 1 aromatic heterocycles. The number of carbonyl (C=O) groups excluding carboxylic acids is 2. The summed E-state index contributed by atoms with van der Waals surface area (Å²) in [6.45, 7) is 1.19. The summed E-state index contributed by atoms with van der Waals surface area (Å²) in [6, 6.07) is 7.46. The summed E-state index contributed by atoms with van der Waals surface area (Å²) in [5, 5.41) is 8.20. The average molecular weight is 404 g/mol. The highest BCUT2D eigenvalue weighted by molar-refractivity contribution is 7.14. The normalized spacial score (nSPS) is 15.9. The van der Waals surface area contributed by atoms with E-state index in [2.05, 4.69) is 15.6 Å². The van der Waals surface area contributed by atoms with Gasteiger partial charge < -0.3 is 25.0 Å². The van der Waals surface area contributed by atoms with E-state index >= 15 is 0 Å². The molecule has 1 aliphatic rings. The van der Waals surface area contributed by atoms with E-state index < -0.39 is 0 Å². The van der Waals surface area contributed by atoms with Crippen molar-refractivity contribution in [2.24, 2.45) is 0 Å². The van der Waals surface area contributed by atoms with E-state index in [0.29, 0.717) is 17.4 Å². The number of thiazole rings is 1. The number of likely N-dealkylation sites (N-methyl/N-ethyl adjacent to an activating group) is 1. The highest BCUT2D eigenvalue weighted by Crippen LogP contribution is 2.28. The van der Waals surface area contributed by atoms with Crippen molar-refractivity contribution in [3.63, 3.8) is 0 Å². The number of methoxy groups -OCH3 is 1. The Morgan fingerprint density at radius 2 is 2.21 bits per heavy atom. The number of carbonyl (C=O) groups is 2. The molecule has 2 amide bonds. The van der Waals surface area contributed by atoms with Gasteiger partial charge in [0.1, 0.15) is 11.4 Å². The minimum atomic E-state index is -0.309. The van der Waals surface area contributed by atoms with Gasteiger partial charge in [-0.2, -0.15) is 0 Å². The van der Waals surface area contributed by atoms with Gasteiger partial charge in [0.15, 0.2) is 5.13 Å². The number of para-hydroxylation sites is 2. The minimum Gasteiger partial charge on any atom is -0.495 e. The molecule has 0 spiro atoms. The summed E-state index contributed by atoms with van der Waals surface area (Å²) < 4.78 is 10.8. The largest absolute Gasteiger partial charge is 0.495 e. The van der Waals surface area contributed by atoms with Crippen molar-refractivity contribution < 1.29 is 19.1 Å². The third-order valence-corrected chi connectivity index (χ3v) is 5.11. The lowest BCUT2D eigenvalue weighted by Crippen LogP contribution is -2.41. The van der Waals surface area contributed by atoms with Crippen molar-refractivity contribution in [3.05, 3.63) is 35.3 Å². The highest BCUT2D eigenvalue weighted by atomic mass is 32.1. The quantitative estimate of drug-likeness (QED) is 0.701. The van der Waals surface area contributed by atoms with Crippen LogP contribution >= 0.6 is 11.3 Å². The summed E-state index contributed by atoms with van der Waals surface area (Å²) in [4.78, 5) is 30.3. The summed E-state index contributed by atoms with van der Waals surface area (Å²) >= 11 is 1.31. The number of amides is 2. The van der Waals surface area contributed by atoms with Crippen molar-refractivity contribution in [1.82, 2.24) is 15.2 Å². The van der Waals surface area contributed by atoms with Crippen LogP contribution in [0, 0.1) is 0 Å². The van der Waals surface area contributed by atoms with E-state index in [1.165, 1.54) is 16.2 Å². The Hall–Kier alpha value is -2.65. The SMILES string of the molecule is COc1ccccc1Nc1nc(C(=O)N(C)CC(=O)NC[C@H]2CCCO2)cs1. The van der Waals surface area contributed by atoms with Crippen LogP contribution in [-0.2, 0) is 9.53 Å². The Labute approximate surface area is 167 Å². The summed E-state index contributed by atoms with van der Waals surface area (Å²) in [5.74, 6) is 0.163. The van der Waals surface area contributed by atoms with Gasteiger partial charge >= 0.3 is 0 Å². The van der Waals surface area contributed by atoms with Crippen molar-refractivity contribution >= 4 is 34.0 Å². The highest BCUT2D eigenvalue weighted by Gasteiger charge is 2.20. The third-order valence-electron chi connectivity index (χ3n) is 4.35. The number of nitrogens with one attached hydrogen (secondary N) is 2. The topological polar surface area (TPSA) is 92.8 Å². The van der Waals surface area contributed by atoms with E-state index in [4.69, 9.17) is 9.47 Å². The first-order valence-corrected chi connectivity index (χ1v) is 9.94. The molecule has 2 N–H and O–H groups in total. The Balaban J connectivity index is 1.53. The van der Waals surface area contributed by atoms with Crippen LogP contribution in [0.2, 0.25) is 0 Å². The molecule has 1 fully saturated rings. The smallest absolute Gasteiger partial charge is 0.273 e. The maximum atomic E-state index is 12.5. The predicted octanol–water partition coefficient (Wildman–Crippen LogP) is 2.26. The molecule has 1 saturated heterocycles. The van der Waals surface area contributed by atoms with Crippen LogP contribution in [0.4, 0.5) is 10.8 Å². The van der Waals surface area contributed by atoms with Crippen LogP contribution in [-0.4, -0.2) is 61.7 Å². The Kier molecular flexibility index (Phi) is 6.83. The number of anilines is 2. The fourth-order valence-corrected chi connectivity index (χ4v) is 3.56. The van der Waals surface area contributed by atoms with Crippen LogP contribution in [0.25, 0.3) is 0 Å². The lowest BCUT2D eigenvalue weighted by Gasteiger charge is -2.16. The molecule has 0 bridgehead atoms. The first-order valence-electron chi connectivity index (χ1n) is 9.06. The monoisotopic (exact) mass is 404 g/mol. The standard InChI is InChI=1S/C19H24N4O4S/c1-23(11-17(24)20-10-13-6-5-9-27-13)18(25)15-12-28-19(22-15)21-14-7-3-4-8-16(14)26-2/h3-4,7-8,12-13H,5-6,9-11H2,1-2H3,(H,20,24)(H,21,22)/t13-/m1/s1. The Morgan fingerprint density at radius 1 is 1.39 bits per heavy atom. The maximum Gasteiger partial charge on any atom is 0.273 e. The van der Waals surface area contributed by atoms with Crippen LogP contribution in [0.3, 0.4) is 0 Å². The molecule has 1 aliphatic heterocycles. The zero-order valence-corrected chi connectivity index (χ0v) is 16.8. The number of hydrogen-bond donors (Lipinski definition) is 2. The molecule has 2 heterocycles. The second-order valence-electron chi connectivity index (χ2n) is 6.46. The fraction of sp³-hybridized carbons (Fsp3) is 0.421. The molecular formula is C19H24N4O4S. The molecule has 3 rings (SSSR count). The number of nitrogens with zero attached hydrogens (tertiary/aromatic N) is 2. The first-order chi connectivity index (χ1) is 13.6. The summed E-state index contributed by atoms with van der Waals surface area (Å²) in [7, 11) is 3.18. The van der Waals surface area contributed by atoms with Crippen molar-refractivity contribution in [2.75, 3.05) is 39.2 Å². The van der Waals surface area contributed by atoms with Gasteiger partial charge in [-0.05, 0) is 25.0 Å². The van der Waals surface area contributed by atoms with Gasteiger partial charge in [-0.25, -0.2) is 4.98 Å². The number of aromatic nitrogens is 1. The number of benzene rings is 1. The van der Waals surface area contributed by atoms with E-state index in [-0.39, 0.29) is 30.2 Å². The minimum absolute atomic E-state index is 0.0294. The number of rotatable bonds is 8. The molecule has 0 unspecified atom stereocenters. The predicted molar refractivity (Wildman–Crippen MR) is 107 cm³/mol. The molecule has 28 heavy (non-hydrogen) atoms. The summed E-state index contributed by atoms with van der Waals surface area (Å²) in [5.41, 5.74) is 1.05. The van der Waals surface area contributed by atoms with Crippen molar-refractivity contribution in [2.45, 2.75) is 18.9 Å². The second-order valence-corrected chi connectivity index (χ2v) is 7.32. The van der Waals surface area contributed by atoms with E-state index in [9.17, 15) is 9.59 Å². The molecule has 2 aromatic rings. The second kappa shape index (κ2) is 9.52. The fourth-order valence-electron chi connectivity index (χ4n) is 2.86. The van der Waals surface area contributed by atoms with E-state index in [1.807, 2.05) is 24.3 Å². The molecule has 1 atom stereocenters. The van der Waals surface area contributed by atoms with Crippen molar-refractivity contribution in [3.8, 4) is 5.75 Å². The molecule has 8 nitrogen and oxygen atoms in total. The average Bonchev–Trinajstić information content (AvgIpc) is 3.38. The van der Waals surface area contributed by atoms with Gasteiger partial charge in [0.25, 0.3) is 5.91 Å². The summed E-state index contributed by atoms with van der Waals surface area (Å²) in [6.07, 6.45) is 2.05. The third kappa shape index (κ3) is 5.20. The van der Waals surface area contributed by atoms with Crippen LogP contribution in [0.5, 0.6) is 5.75 Å². The van der Waals surface area contributed by atoms with Gasteiger partial charge in [0.2, 0.25) is 5.91 Å². The lowest BCUT2D eigenvalue weighted by atomic mass is 10.2. The Morgan fingerprint density at radius 3 is 2.96 bits per heavy atom. The van der Waals surface area contributed by atoms with Gasteiger partial charge in [-0.3, -0.25) is 9.59 Å². The molecule has 9 heteroatoms. The lowest BCUT2D eigenvalue weighted by molar-refractivity contribution is -0.122. The first kappa shape index (κ1) is 20.1. The van der Waals surface area contributed by atoms with Crippen LogP contribution in [0.15, 0.2) is 29.6 Å². The molecule has 1 aromatic carbocycles. The molecule has 0 saturated carbocycles. The zero-order valence-electron chi connectivity index (χ0n) is 15.9. The van der Waals surface area contributed by atoms with Gasteiger partial charge in [-0.15, -0.1) is 11.3 Å². The molecular weight excluding hydrogens is 380 g/mol. The number of hydrogen-bond acceptors (Lipinski definition) is 7. The van der Waals surface area contributed by atoms with Crippen LogP contribution < -0.4 is 15.4 Å². The zero-order chi connectivity index (χ0) is 19.9. The molecule has 0 aliphatic carbocycles. The van der Waals surface area contributed by atoms with Crippen LogP contribution in [0.1, 0.15) is 23.3 Å². The number of ether oxygens (including phenoxy) is 2. The van der Waals surface area contributed by atoms with E-state index in [0.717, 1.165) is 25.1 Å². The molecule has 150 valence electrons. The Bertz CT molecular complexity index is 820. The van der Waals surface area contributed by atoms with Gasteiger partial charge in [0, 0.05) is 25.6 Å². The molecule has 0 radical (unpaired) electrons. The van der Waals surface area contributed by atoms with Gasteiger partial charge in [-0.1, -0.05) is 12.1 Å². The van der Waals surface area contributed by atoms with Crippen molar-refractivity contribution in [1.29, 1.82) is 0 Å².